The molecule has 0 amide bonds. The van der Waals surface area contributed by atoms with Crippen LogP contribution in [0.3, 0.4) is 0 Å². The smallest absolute Gasteiger partial charge is 0.341 e. The maximum Gasteiger partial charge on any atom is 0.341 e. The molecule has 26 heavy (non-hydrogen) atoms. The standard InChI is InChI=1S/C18H19F2N3O3/c1-9-7-22(5-4-21-9)13-6-12-14(16(20)15(13)19)17(24)11(18(25)26)8-23(12)10-2-3-10/h6,8-10,21H,2-5,7H2,1H3,(H,25,26). The van der Waals surface area contributed by atoms with Gasteiger partial charge < -0.3 is 19.9 Å². The van der Waals surface area contributed by atoms with E-state index in [1.165, 1.54) is 12.3 Å². The Balaban J connectivity index is 1.99. The maximum atomic E-state index is 14.9. The molecule has 1 unspecified atom stereocenters. The number of aromatic nitrogens is 1. The molecule has 2 aromatic rings. The Labute approximate surface area is 148 Å². The molecule has 1 saturated heterocycles. The first kappa shape index (κ1) is 17.0. The number of carboxylic acids is 1. The third kappa shape index (κ3) is 2.65. The molecule has 1 saturated carbocycles. The molecule has 2 heterocycles. The number of nitrogens with zero attached hydrogens (tertiary/aromatic N) is 2. The normalized spacial score (nSPS) is 20.6. The number of benzene rings is 1. The minimum Gasteiger partial charge on any atom is -0.477 e. The molecular formula is C18H19F2N3O3. The van der Waals surface area contributed by atoms with E-state index in [1.54, 1.807) is 9.47 Å². The van der Waals surface area contributed by atoms with Crippen LogP contribution >= 0.6 is 0 Å². The molecule has 2 fully saturated rings. The highest BCUT2D eigenvalue weighted by Gasteiger charge is 2.30. The topological polar surface area (TPSA) is 74.6 Å². The van der Waals surface area contributed by atoms with E-state index in [2.05, 4.69) is 5.32 Å². The van der Waals surface area contributed by atoms with E-state index in [-0.39, 0.29) is 23.3 Å². The lowest BCUT2D eigenvalue weighted by Crippen LogP contribution is -2.49. The fourth-order valence-electron chi connectivity index (χ4n) is 3.61. The summed E-state index contributed by atoms with van der Waals surface area (Å²) in [4.78, 5) is 25.6. The Hall–Kier alpha value is -2.48. The first-order valence-corrected chi connectivity index (χ1v) is 8.67. The monoisotopic (exact) mass is 363 g/mol. The van der Waals surface area contributed by atoms with Gasteiger partial charge in [0.2, 0.25) is 5.43 Å². The fourth-order valence-corrected chi connectivity index (χ4v) is 3.61. The van der Waals surface area contributed by atoms with Gasteiger partial charge in [-0.25, -0.2) is 13.6 Å². The highest BCUT2D eigenvalue weighted by molar-refractivity contribution is 5.94. The van der Waals surface area contributed by atoms with Crippen LogP contribution in [0.5, 0.6) is 0 Å². The first-order valence-electron chi connectivity index (χ1n) is 8.67. The van der Waals surface area contributed by atoms with E-state index in [0.717, 1.165) is 12.8 Å². The average molecular weight is 363 g/mol. The summed E-state index contributed by atoms with van der Waals surface area (Å²) in [6, 6.07) is 1.62. The number of rotatable bonds is 3. The Bertz CT molecular complexity index is 969. The number of pyridine rings is 1. The molecule has 4 rings (SSSR count). The minimum absolute atomic E-state index is 0.0101. The van der Waals surface area contributed by atoms with Gasteiger partial charge in [0.1, 0.15) is 5.56 Å². The zero-order valence-electron chi connectivity index (χ0n) is 14.3. The highest BCUT2D eigenvalue weighted by atomic mass is 19.2. The zero-order chi connectivity index (χ0) is 18.6. The third-order valence-electron chi connectivity index (χ3n) is 5.06. The van der Waals surface area contributed by atoms with Gasteiger partial charge in [-0.2, -0.15) is 0 Å². The highest BCUT2D eigenvalue weighted by Crippen LogP contribution is 2.39. The van der Waals surface area contributed by atoms with Crippen LogP contribution in [0.25, 0.3) is 10.9 Å². The van der Waals surface area contributed by atoms with E-state index in [9.17, 15) is 23.5 Å². The van der Waals surface area contributed by atoms with E-state index in [4.69, 9.17) is 0 Å². The van der Waals surface area contributed by atoms with Crippen molar-refractivity contribution < 1.29 is 18.7 Å². The van der Waals surface area contributed by atoms with Gasteiger partial charge in [0.15, 0.2) is 11.6 Å². The number of halogens is 2. The van der Waals surface area contributed by atoms with Crippen molar-refractivity contribution in [2.24, 2.45) is 0 Å². The summed E-state index contributed by atoms with van der Waals surface area (Å²) in [5, 5.41) is 12.0. The van der Waals surface area contributed by atoms with Crippen molar-refractivity contribution in [3.8, 4) is 0 Å². The number of anilines is 1. The molecule has 1 aliphatic carbocycles. The van der Waals surface area contributed by atoms with Gasteiger partial charge in [-0.15, -0.1) is 0 Å². The summed E-state index contributed by atoms with van der Waals surface area (Å²) in [7, 11) is 0. The summed E-state index contributed by atoms with van der Waals surface area (Å²) < 4.78 is 31.2. The Morgan fingerprint density at radius 2 is 2.04 bits per heavy atom. The van der Waals surface area contributed by atoms with Crippen LogP contribution in [0.4, 0.5) is 14.5 Å². The lowest BCUT2D eigenvalue weighted by Gasteiger charge is -2.34. The van der Waals surface area contributed by atoms with Crippen LogP contribution in [0.15, 0.2) is 17.1 Å². The van der Waals surface area contributed by atoms with Crippen LogP contribution in [0.1, 0.15) is 36.2 Å². The van der Waals surface area contributed by atoms with Crippen molar-refractivity contribution in [3.05, 3.63) is 39.7 Å². The Morgan fingerprint density at radius 1 is 1.31 bits per heavy atom. The van der Waals surface area contributed by atoms with E-state index in [0.29, 0.717) is 19.6 Å². The molecule has 1 atom stereocenters. The third-order valence-corrected chi connectivity index (χ3v) is 5.06. The van der Waals surface area contributed by atoms with Gasteiger partial charge in [0.05, 0.1) is 16.6 Å². The number of hydrogen-bond acceptors (Lipinski definition) is 4. The van der Waals surface area contributed by atoms with Crippen LogP contribution in [0, 0.1) is 11.6 Å². The van der Waals surface area contributed by atoms with Crippen molar-refractivity contribution in [2.45, 2.75) is 31.8 Å². The van der Waals surface area contributed by atoms with Gasteiger partial charge >= 0.3 is 5.97 Å². The molecule has 0 bridgehead atoms. The molecule has 8 heteroatoms. The van der Waals surface area contributed by atoms with Gasteiger partial charge in [-0.3, -0.25) is 4.79 Å². The Morgan fingerprint density at radius 3 is 2.65 bits per heavy atom. The number of piperazine rings is 1. The SMILES string of the molecule is CC1CN(c2cc3c(c(F)c2F)c(=O)c(C(=O)O)cn3C2CC2)CCN1. The summed E-state index contributed by atoms with van der Waals surface area (Å²) in [5.74, 6) is -3.81. The largest absolute Gasteiger partial charge is 0.477 e. The number of hydrogen-bond donors (Lipinski definition) is 2. The van der Waals surface area contributed by atoms with Crippen LogP contribution < -0.4 is 15.6 Å². The predicted molar refractivity (Wildman–Crippen MR) is 93.0 cm³/mol. The summed E-state index contributed by atoms with van der Waals surface area (Å²) in [6.07, 6.45) is 2.89. The minimum atomic E-state index is -1.44. The maximum absolute atomic E-state index is 14.9. The quantitative estimate of drug-likeness (QED) is 0.874. The second-order valence-corrected chi connectivity index (χ2v) is 7.03. The molecule has 0 spiro atoms. The molecular weight excluding hydrogens is 344 g/mol. The van der Waals surface area contributed by atoms with E-state index in [1.807, 2.05) is 6.92 Å². The lowest BCUT2D eigenvalue weighted by molar-refractivity contribution is 0.0695. The van der Waals surface area contributed by atoms with Crippen molar-refractivity contribution in [1.82, 2.24) is 9.88 Å². The second kappa shape index (κ2) is 6.05. The zero-order valence-corrected chi connectivity index (χ0v) is 14.3. The number of carboxylic acid groups (broad SMARTS) is 1. The van der Waals surface area contributed by atoms with Crippen molar-refractivity contribution in [3.63, 3.8) is 0 Å². The first-order chi connectivity index (χ1) is 12.4. The predicted octanol–water partition coefficient (Wildman–Crippen LogP) is 2.11. The summed E-state index contributed by atoms with van der Waals surface area (Å²) in [6.45, 7) is 3.64. The second-order valence-electron chi connectivity index (χ2n) is 7.03. The van der Waals surface area contributed by atoms with Crippen LogP contribution in [-0.4, -0.2) is 41.3 Å². The number of aromatic carboxylic acids is 1. The molecule has 2 aliphatic rings. The molecule has 1 aromatic heterocycles. The molecule has 2 N–H and O–H groups in total. The lowest BCUT2D eigenvalue weighted by atomic mass is 10.1. The van der Waals surface area contributed by atoms with Gasteiger partial charge in [-0.05, 0) is 25.8 Å². The van der Waals surface area contributed by atoms with Crippen molar-refractivity contribution in [2.75, 3.05) is 24.5 Å². The van der Waals surface area contributed by atoms with E-state index >= 15 is 0 Å². The fraction of sp³-hybridized carbons (Fsp3) is 0.444. The van der Waals surface area contributed by atoms with Crippen molar-refractivity contribution in [1.29, 1.82) is 0 Å². The Kier molecular flexibility index (Phi) is 3.95. The molecule has 6 nitrogen and oxygen atoms in total. The summed E-state index contributed by atoms with van der Waals surface area (Å²) >= 11 is 0. The average Bonchev–Trinajstić information content (AvgIpc) is 3.42. The molecule has 1 aliphatic heterocycles. The van der Waals surface area contributed by atoms with Gasteiger partial charge in [-0.1, -0.05) is 0 Å². The molecule has 1 aromatic carbocycles. The van der Waals surface area contributed by atoms with Crippen molar-refractivity contribution >= 4 is 22.6 Å². The van der Waals surface area contributed by atoms with E-state index < -0.39 is 34.0 Å². The van der Waals surface area contributed by atoms with Crippen LogP contribution in [-0.2, 0) is 0 Å². The van der Waals surface area contributed by atoms with Gasteiger partial charge in [0.25, 0.3) is 0 Å². The van der Waals surface area contributed by atoms with Gasteiger partial charge in [0, 0.05) is 37.9 Å². The number of fused-ring (bicyclic) bond motifs is 1. The number of nitrogens with one attached hydrogen (secondary N) is 1. The summed E-state index contributed by atoms with van der Waals surface area (Å²) in [5.41, 5.74) is -1.16. The van der Waals surface area contributed by atoms with Crippen LogP contribution in [0.2, 0.25) is 0 Å². The number of carbonyl (C=O) groups is 1. The molecule has 138 valence electrons. The molecule has 0 radical (unpaired) electrons.